The minimum atomic E-state index is -0.201. The summed E-state index contributed by atoms with van der Waals surface area (Å²) in [6.45, 7) is 2.18. The first-order valence-electron chi connectivity index (χ1n) is 4.92. The first-order valence-corrected chi connectivity index (χ1v) is 4.92. The highest BCUT2D eigenvalue weighted by atomic mass is 16.3. The van der Waals surface area contributed by atoms with Crippen molar-refractivity contribution < 1.29 is 5.11 Å². The van der Waals surface area contributed by atoms with Crippen molar-refractivity contribution in [3.63, 3.8) is 0 Å². The Morgan fingerprint density at radius 3 is 2.18 bits per heavy atom. The van der Waals surface area contributed by atoms with Crippen molar-refractivity contribution in [2.75, 3.05) is 0 Å². The third kappa shape index (κ3) is 0.752. The Kier molecular flexibility index (Phi) is 0.976. The van der Waals surface area contributed by atoms with Crippen LogP contribution in [0.25, 0.3) is 0 Å². The molecule has 11 heavy (non-hydrogen) atoms. The smallest absolute Gasteiger partial charge is 0.0706 e. The molecule has 0 saturated heterocycles. The Labute approximate surface area is 67.8 Å². The Balaban J connectivity index is 1.72. The summed E-state index contributed by atoms with van der Waals surface area (Å²) in [6, 6.07) is 0. The lowest BCUT2D eigenvalue weighted by molar-refractivity contribution is 0.0643. The van der Waals surface area contributed by atoms with E-state index in [9.17, 15) is 5.11 Å². The van der Waals surface area contributed by atoms with Crippen molar-refractivity contribution in [2.45, 2.75) is 38.2 Å². The summed E-state index contributed by atoms with van der Waals surface area (Å²) < 4.78 is 0. The van der Waals surface area contributed by atoms with Crippen LogP contribution in [0, 0.1) is 23.7 Å². The predicted molar refractivity (Wildman–Crippen MR) is 43.1 cm³/mol. The zero-order valence-electron chi connectivity index (χ0n) is 7.09. The largest absolute Gasteiger partial charge is 0.389 e. The number of hydrogen-bond donors (Lipinski definition) is 1. The normalized spacial score (nSPS) is 66.0. The van der Waals surface area contributed by atoms with Gasteiger partial charge in [-0.25, -0.2) is 0 Å². The van der Waals surface area contributed by atoms with Crippen molar-refractivity contribution in [2.24, 2.45) is 23.7 Å². The third-order valence-corrected chi connectivity index (χ3v) is 4.28. The van der Waals surface area contributed by atoms with Crippen LogP contribution in [0.15, 0.2) is 0 Å². The first kappa shape index (κ1) is 6.47. The molecule has 3 aliphatic carbocycles. The molecule has 1 heteroatoms. The van der Waals surface area contributed by atoms with Gasteiger partial charge in [0.15, 0.2) is 0 Å². The lowest BCUT2D eigenvalue weighted by Crippen LogP contribution is -2.22. The molecule has 0 aliphatic heterocycles. The molecule has 1 nitrogen and oxygen atoms in total. The molecule has 4 unspecified atom stereocenters. The van der Waals surface area contributed by atoms with Gasteiger partial charge in [0.1, 0.15) is 0 Å². The van der Waals surface area contributed by atoms with Crippen LogP contribution in [0.3, 0.4) is 0 Å². The molecule has 4 atom stereocenters. The van der Waals surface area contributed by atoms with Crippen LogP contribution in [0.5, 0.6) is 0 Å². The zero-order chi connectivity index (χ0) is 7.64. The van der Waals surface area contributed by atoms with E-state index in [1.165, 1.54) is 19.3 Å². The van der Waals surface area contributed by atoms with Gasteiger partial charge in [-0.2, -0.15) is 0 Å². The van der Waals surface area contributed by atoms with Gasteiger partial charge < -0.3 is 5.11 Å². The summed E-state index contributed by atoms with van der Waals surface area (Å²) in [7, 11) is 0. The number of fused-ring (bicyclic) bond motifs is 1. The predicted octanol–water partition coefficient (Wildman–Crippen LogP) is 1.80. The van der Waals surface area contributed by atoms with Crippen molar-refractivity contribution in [3.8, 4) is 0 Å². The summed E-state index contributed by atoms with van der Waals surface area (Å²) in [5.74, 6) is 3.33. The molecule has 3 fully saturated rings. The average molecular weight is 152 g/mol. The molecule has 62 valence electrons. The molecular formula is C10H16O. The molecule has 3 aliphatic rings. The maximum atomic E-state index is 10.0. The van der Waals surface area contributed by atoms with Gasteiger partial charge in [0.2, 0.25) is 0 Å². The van der Waals surface area contributed by atoms with Crippen molar-refractivity contribution >= 4 is 0 Å². The van der Waals surface area contributed by atoms with Crippen LogP contribution in [-0.2, 0) is 0 Å². The molecule has 0 bridgehead atoms. The molecule has 0 radical (unpaired) electrons. The van der Waals surface area contributed by atoms with Crippen LogP contribution >= 0.6 is 0 Å². The zero-order valence-corrected chi connectivity index (χ0v) is 7.09. The second-order valence-corrected chi connectivity index (χ2v) is 5.02. The van der Waals surface area contributed by atoms with Gasteiger partial charge >= 0.3 is 0 Å². The van der Waals surface area contributed by atoms with Gasteiger partial charge in [0, 0.05) is 0 Å². The second-order valence-electron chi connectivity index (χ2n) is 5.02. The fraction of sp³-hybridized carbons (Fsp3) is 1.00. The minimum absolute atomic E-state index is 0.201. The fourth-order valence-electron chi connectivity index (χ4n) is 3.12. The van der Waals surface area contributed by atoms with Crippen molar-refractivity contribution in [1.29, 1.82) is 0 Å². The highest BCUT2D eigenvalue weighted by molar-refractivity contribution is 5.11. The minimum Gasteiger partial charge on any atom is -0.389 e. The molecular weight excluding hydrogens is 136 g/mol. The molecule has 3 rings (SSSR count). The topological polar surface area (TPSA) is 20.2 Å². The van der Waals surface area contributed by atoms with E-state index in [4.69, 9.17) is 0 Å². The second kappa shape index (κ2) is 1.66. The van der Waals surface area contributed by atoms with Gasteiger partial charge in [-0.15, -0.1) is 0 Å². The summed E-state index contributed by atoms with van der Waals surface area (Å²) in [4.78, 5) is 0. The molecule has 3 saturated carbocycles. The van der Waals surface area contributed by atoms with Crippen LogP contribution in [0.1, 0.15) is 32.6 Å². The summed E-state index contributed by atoms with van der Waals surface area (Å²) in [5, 5.41) is 10.0. The van der Waals surface area contributed by atoms with E-state index < -0.39 is 0 Å². The van der Waals surface area contributed by atoms with Gasteiger partial charge in [-0.1, -0.05) is 6.92 Å². The Morgan fingerprint density at radius 1 is 1.18 bits per heavy atom. The van der Waals surface area contributed by atoms with Gasteiger partial charge in [-0.3, -0.25) is 0 Å². The summed E-state index contributed by atoms with van der Waals surface area (Å²) in [6.07, 6.45) is 5.23. The molecule has 0 amide bonds. The summed E-state index contributed by atoms with van der Waals surface area (Å²) in [5.41, 5.74) is -0.201. The lowest BCUT2D eigenvalue weighted by Gasteiger charge is -2.19. The molecule has 0 aromatic carbocycles. The average Bonchev–Trinajstić information content (AvgIpc) is 2.78. The van der Waals surface area contributed by atoms with Gasteiger partial charge in [-0.05, 0) is 49.4 Å². The molecule has 1 N–H and O–H groups in total. The van der Waals surface area contributed by atoms with Crippen LogP contribution < -0.4 is 0 Å². The van der Waals surface area contributed by atoms with E-state index in [0.29, 0.717) is 11.8 Å². The van der Waals surface area contributed by atoms with Crippen LogP contribution in [0.2, 0.25) is 0 Å². The molecule has 0 heterocycles. The maximum absolute atomic E-state index is 10.0. The van der Waals surface area contributed by atoms with E-state index in [1.54, 1.807) is 0 Å². The van der Waals surface area contributed by atoms with Gasteiger partial charge in [0.25, 0.3) is 0 Å². The maximum Gasteiger partial charge on any atom is 0.0706 e. The van der Waals surface area contributed by atoms with E-state index in [2.05, 4.69) is 6.92 Å². The Hall–Kier alpha value is -0.0400. The van der Waals surface area contributed by atoms with E-state index in [0.717, 1.165) is 18.3 Å². The molecule has 0 aromatic heterocycles. The Bertz CT molecular complexity index is 191. The number of aliphatic hydroxyl groups is 1. The Morgan fingerprint density at radius 2 is 1.73 bits per heavy atom. The van der Waals surface area contributed by atoms with E-state index >= 15 is 0 Å². The monoisotopic (exact) mass is 152 g/mol. The molecule has 0 aromatic rings. The van der Waals surface area contributed by atoms with Crippen LogP contribution in [0.4, 0.5) is 0 Å². The third-order valence-electron chi connectivity index (χ3n) is 4.28. The first-order chi connectivity index (χ1) is 5.20. The number of hydrogen-bond acceptors (Lipinski definition) is 1. The summed E-state index contributed by atoms with van der Waals surface area (Å²) >= 11 is 0. The highest BCUT2D eigenvalue weighted by Gasteiger charge is 2.60. The van der Waals surface area contributed by atoms with Gasteiger partial charge in [0.05, 0.1) is 5.60 Å². The van der Waals surface area contributed by atoms with Crippen LogP contribution in [-0.4, -0.2) is 10.7 Å². The van der Waals surface area contributed by atoms with E-state index in [1.807, 2.05) is 0 Å². The fourth-order valence-corrected chi connectivity index (χ4v) is 3.12. The molecule has 0 spiro atoms. The van der Waals surface area contributed by atoms with E-state index in [-0.39, 0.29) is 5.60 Å². The lowest BCUT2D eigenvalue weighted by atomic mass is 9.93. The quantitative estimate of drug-likeness (QED) is 0.607. The van der Waals surface area contributed by atoms with Crippen molar-refractivity contribution in [1.82, 2.24) is 0 Å². The highest BCUT2D eigenvalue weighted by Crippen LogP contribution is 2.63. The standard InChI is InChI=1S/C10H16O/c1-6-5-10(6,11)9-3-7-2-8(7)4-9/h6-9,11H,2-5H2,1H3. The SMILES string of the molecule is CC1CC1(O)C1CC2CC2C1. The number of rotatable bonds is 1. The van der Waals surface area contributed by atoms with Crippen molar-refractivity contribution in [3.05, 3.63) is 0 Å².